The number of aromatic nitrogens is 1. The van der Waals surface area contributed by atoms with Gasteiger partial charge in [-0.25, -0.2) is 13.9 Å². The lowest BCUT2D eigenvalue weighted by Crippen LogP contribution is -2.45. The van der Waals surface area contributed by atoms with Crippen molar-refractivity contribution >= 4 is 21.8 Å². The third kappa shape index (κ3) is 7.58. The number of unbranched alkanes of at least 4 members (excludes halogenated alkanes) is 1. The molecule has 12 heteroatoms. The summed E-state index contributed by atoms with van der Waals surface area (Å²) in [6, 6.07) is 4.44. The normalized spacial score (nSPS) is 11.8. The minimum atomic E-state index is -4.04. The van der Waals surface area contributed by atoms with E-state index in [0.717, 1.165) is 0 Å². The molecule has 1 atom stereocenters. The molecule has 1 aromatic heterocycles. The molecule has 0 aliphatic heterocycles. The number of hydrogen-bond donors (Lipinski definition) is 4. The molecular formula is C22H28N4O7S. The second kappa shape index (κ2) is 12.7. The number of carbonyl (C=O) groups is 2. The van der Waals surface area contributed by atoms with E-state index in [4.69, 9.17) is 14.5 Å². The fraction of sp³-hybridized carbons (Fsp3) is 0.409. The van der Waals surface area contributed by atoms with Crippen molar-refractivity contribution in [1.82, 2.24) is 20.7 Å². The molecule has 0 bridgehead atoms. The molecule has 0 saturated carbocycles. The summed E-state index contributed by atoms with van der Waals surface area (Å²) >= 11 is 0. The standard InChI is InChI=1S/C22H28N4O7S/c1-4-5-14-32-17-9-11-18(12-10-17)34(30,31)26-19(21(27)24-29)8-6-7-13-23-22(28)20-15(2)25-33-16(20)3/h9-12,19,26,29H,6-8,13-14H2,1-3H3,(H,23,28)(H,24,27). The number of carbonyl (C=O) groups excluding carboxylic acids is 2. The molecule has 0 aliphatic carbocycles. The van der Waals surface area contributed by atoms with Gasteiger partial charge in [0.25, 0.3) is 11.8 Å². The maximum atomic E-state index is 12.7. The van der Waals surface area contributed by atoms with Crippen LogP contribution >= 0.6 is 0 Å². The molecule has 184 valence electrons. The average molecular weight is 493 g/mol. The molecule has 0 saturated heterocycles. The van der Waals surface area contributed by atoms with Crippen LogP contribution in [0.1, 0.15) is 48.0 Å². The number of nitrogens with one attached hydrogen (secondary N) is 3. The smallest absolute Gasteiger partial charge is 0.261 e. The summed E-state index contributed by atoms with van der Waals surface area (Å²) < 4.78 is 38.0. The first-order valence-corrected chi connectivity index (χ1v) is 12.0. The van der Waals surface area contributed by atoms with E-state index >= 15 is 0 Å². The van der Waals surface area contributed by atoms with E-state index in [1.165, 1.54) is 29.7 Å². The van der Waals surface area contributed by atoms with Gasteiger partial charge in [-0.3, -0.25) is 14.8 Å². The predicted molar refractivity (Wildman–Crippen MR) is 122 cm³/mol. The van der Waals surface area contributed by atoms with E-state index < -0.39 is 22.0 Å². The fourth-order valence-electron chi connectivity index (χ4n) is 3.05. The molecule has 1 heterocycles. The Morgan fingerprint density at radius 1 is 1.21 bits per heavy atom. The predicted octanol–water partition coefficient (Wildman–Crippen LogP) is 1.45. The Balaban J connectivity index is 1.90. The third-order valence-corrected chi connectivity index (χ3v) is 6.30. The van der Waals surface area contributed by atoms with Crippen molar-refractivity contribution in [3.8, 4) is 17.6 Å². The van der Waals surface area contributed by atoms with E-state index in [1.807, 2.05) is 0 Å². The molecule has 11 nitrogen and oxygen atoms in total. The quantitative estimate of drug-likeness (QED) is 0.150. The van der Waals surface area contributed by atoms with E-state index in [9.17, 15) is 18.0 Å². The molecule has 2 amide bonds. The number of hydroxylamine groups is 1. The highest BCUT2D eigenvalue weighted by molar-refractivity contribution is 7.89. The summed E-state index contributed by atoms with van der Waals surface area (Å²) in [5.41, 5.74) is 2.34. The van der Waals surface area contributed by atoms with Crippen molar-refractivity contribution in [2.24, 2.45) is 0 Å². The maximum absolute atomic E-state index is 12.7. The minimum absolute atomic E-state index is 0.0658. The van der Waals surface area contributed by atoms with Crippen LogP contribution in [0.2, 0.25) is 0 Å². The highest BCUT2D eigenvalue weighted by atomic mass is 32.2. The van der Waals surface area contributed by atoms with Gasteiger partial charge in [-0.15, -0.1) is 5.92 Å². The van der Waals surface area contributed by atoms with Gasteiger partial charge >= 0.3 is 0 Å². The van der Waals surface area contributed by atoms with Crippen LogP contribution in [-0.4, -0.2) is 49.8 Å². The van der Waals surface area contributed by atoms with E-state index in [2.05, 4.69) is 27.0 Å². The van der Waals surface area contributed by atoms with Crippen molar-refractivity contribution in [1.29, 1.82) is 0 Å². The SMILES string of the molecule is CC#CCOc1ccc(S(=O)(=O)NC(CCCCNC(=O)c2c(C)noc2C)C(=O)NO)cc1. The number of rotatable bonds is 12. The summed E-state index contributed by atoms with van der Waals surface area (Å²) in [5, 5.41) is 15.5. The molecule has 0 spiro atoms. The van der Waals surface area contributed by atoms with Crippen LogP contribution in [0.3, 0.4) is 0 Å². The average Bonchev–Trinajstić information content (AvgIpc) is 3.15. The Hall–Kier alpha value is -3.40. The Kier molecular flexibility index (Phi) is 10.1. The number of nitrogens with zero attached hydrogens (tertiary/aromatic N) is 1. The zero-order chi connectivity index (χ0) is 25.1. The Morgan fingerprint density at radius 3 is 2.50 bits per heavy atom. The number of amides is 2. The highest BCUT2D eigenvalue weighted by Crippen LogP contribution is 2.17. The lowest BCUT2D eigenvalue weighted by atomic mass is 10.1. The Labute approximate surface area is 198 Å². The lowest BCUT2D eigenvalue weighted by Gasteiger charge is -2.17. The summed E-state index contributed by atoms with van der Waals surface area (Å²) in [4.78, 5) is 24.2. The molecule has 34 heavy (non-hydrogen) atoms. The number of ether oxygens (including phenoxy) is 1. The van der Waals surface area contributed by atoms with Gasteiger partial charge in [-0.05, 0) is 64.3 Å². The highest BCUT2D eigenvalue weighted by Gasteiger charge is 2.25. The van der Waals surface area contributed by atoms with Crippen LogP contribution in [0.4, 0.5) is 0 Å². The van der Waals surface area contributed by atoms with Gasteiger partial charge in [-0.1, -0.05) is 11.1 Å². The molecule has 0 radical (unpaired) electrons. The summed E-state index contributed by atoms with van der Waals surface area (Å²) in [6.07, 6.45) is 0.968. The maximum Gasteiger partial charge on any atom is 0.261 e. The Morgan fingerprint density at radius 2 is 1.91 bits per heavy atom. The molecule has 0 aliphatic rings. The summed E-state index contributed by atoms with van der Waals surface area (Å²) in [7, 11) is -4.04. The number of benzene rings is 1. The van der Waals surface area contributed by atoms with Crippen LogP contribution in [0.15, 0.2) is 33.7 Å². The first-order chi connectivity index (χ1) is 16.2. The third-order valence-electron chi connectivity index (χ3n) is 4.81. The molecule has 1 unspecified atom stereocenters. The van der Waals surface area contributed by atoms with Crippen LogP contribution in [-0.2, 0) is 14.8 Å². The van der Waals surface area contributed by atoms with E-state index in [0.29, 0.717) is 42.2 Å². The van der Waals surface area contributed by atoms with Gasteiger partial charge < -0.3 is 14.6 Å². The molecule has 2 rings (SSSR count). The van der Waals surface area contributed by atoms with Crippen LogP contribution in [0, 0.1) is 25.7 Å². The number of hydrogen-bond acceptors (Lipinski definition) is 8. The van der Waals surface area contributed by atoms with Crippen molar-refractivity contribution in [3.63, 3.8) is 0 Å². The van der Waals surface area contributed by atoms with Gasteiger partial charge in [0.05, 0.1) is 10.6 Å². The first kappa shape index (κ1) is 26.8. The van der Waals surface area contributed by atoms with Gasteiger partial charge in [0.15, 0.2) is 0 Å². The van der Waals surface area contributed by atoms with Crippen LogP contribution in [0.25, 0.3) is 0 Å². The second-order valence-corrected chi connectivity index (χ2v) is 9.00. The van der Waals surface area contributed by atoms with Crippen LogP contribution in [0.5, 0.6) is 5.75 Å². The first-order valence-electron chi connectivity index (χ1n) is 10.5. The zero-order valence-electron chi connectivity index (χ0n) is 19.2. The van der Waals surface area contributed by atoms with Gasteiger partial charge in [-0.2, -0.15) is 4.72 Å². The molecule has 1 aromatic carbocycles. The summed E-state index contributed by atoms with van der Waals surface area (Å²) in [5.74, 6) is 5.07. The van der Waals surface area contributed by atoms with Crippen molar-refractivity contribution in [2.75, 3.05) is 13.2 Å². The monoisotopic (exact) mass is 492 g/mol. The van der Waals surface area contributed by atoms with E-state index in [-0.39, 0.29) is 23.8 Å². The largest absolute Gasteiger partial charge is 0.481 e. The fourth-order valence-corrected chi connectivity index (χ4v) is 4.28. The minimum Gasteiger partial charge on any atom is -0.481 e. The van der Waals surface area contributed by atoms with Crippen molar-refractivity contribution in [3.05, 3.63) is 41.3 Å². The second-order valence-electron chi connectivity index (χ2n) is 7.29. The number of aryl methyl sites for hydroxylation is 2. The lowest BCUT2D eigenvalue weighted by molar-refractivity contribution is -0.131. The van der Waals surface area contributed by atoms with Crippen molar-refractivity contribution < 1.29 is 32.5 Å². The molecule has 0 fully saturated rings. The molecular weight excluding hydrogens is 464 g/mol. The van der Waals surface area contributed by atoms with Gasteiger partial charge in [0.2, 0.25) is 10.0 Å². The molecule has 2 aromatic rings. The van der Waals surface area contributed by atoms with Crippen molar-refractivity contribution in [2.45, 2.75) is 51.0 Å². The zero-order valence-corrected chi connectivity index (χ0v) is 20.0. The van der Waals surface area contributed by atoms with E-state index in [1.54, 1.807) is 20.8 Å². The molecule has 4 N–H and O–H groups in total. The topological polar surface area (TPSA) is 160 Å². The van der Waals surface area contributed by atoms with Crippen LogP contribution < -0.4 is 20.3 Å². The Bertz CT molecular complexity index is 1130. The van der Waals surface area contributed by atoms with Gasteiger partial charge in [0.1, 0.15) is 29.7 Å². The number of sulfonamides is 1. The van der Waals surface area contributed by atoms with Gasteiger partial charge in [0, 0.05) is 6.54 Å². The summed E-state index contributed by atoms with van der Waals surface area (Å²) in [6.45, 7) is 5.46.